The molecule has 5 nitrogen and oxygen atoms in total. The zero-order chi connectivity index (χ0) is 20.6. The smallest absolute Gasteiger partial charge is 0.269 e. The van der Waals surface area contributed by atoms with Crippen molar-refractivity contribution in [1.29, 1.82) is 0 Å². The summed E-state index contributed by atoms with van der Waals surface area (Å²) in [4.78, 5) is 28.8. The zero-order valence-corrected chi connectivity index (χ0v) is 16.1. The summed E-state index contributed by atoms with van der Waals surface area (Å²) < 4.78 is 13.6. The van der Waals surface area contributed by atoms with Gasteiger partial charge >= 0.3 is 0 Å². The molecular weight excluding hydrogens is 369 g/mol. The molecule has 0 fully saturated rings. The molecule has 0 aliphatic carbocycles. The lowest BCUT2D eigenvalue weighted by Gasteiger charge is -2.08. The maximum absolute atomic E-state index is 13.6. The molecule has 0 bridgehead atoms. The molecule has 0 aliphatic heterocycles. The topological polar surface area (TPSA) is 71.1 Å². The predicted molar refractivity (Wildman–Crippen MR) is 110 cm³/mol. The van der Waals surface area contributed by atoms with Gasteiger partial charge in [-0.2, -0.15) is 0 Å². The average molecular weight is 391 g/mol. The molecule has 0 saturated carbocycles. The van der Waals surface area contributed by atoms with Crippen LogP contribution in [0.4, 0.5) is 10.1 Å². The van der Waals surface area contributed by atoms with Crippen molar-refractivity contribution in [2.45, 2.75) is 19.8 Å². The molecule has 0 unspecified atom stereocenters. The van der Waals surface area contributed by atoms with Gasteiger partial charge < -0.3 is 10.6 Å². The Labute approximate surface area is 169 Å². The standard InChI is InChI=1S/C23H22FN3O2/c1-2-16-7-9-19(10-8-16)27-22(28)18-12-13-25-21(15-18)23(29)26-14-11-17-5-3-4-6-20(17)24/h3-10,12-13,15H,2,11,14H2,1H3,(H,26,29)(H,27,28). The van der Waals surface area contributed by atoms with Crippen molar-refractivity contribution >= 4 is 17.5 Å². The number of carbonyl (C=O) groups is 2. The highest BCUT2D eigenvalue weighted by atomic mass is 19.1. The van der Waals surface area contributed by atoms with E-state index in [9.17, 15) is 14.0 Å². The van der Waals surface area contributed by atoms with Crippen molar-refractivity contribution in [2.75, 3.05) is 11.9 Å². The number of aryl methyl sites for hydroxylation is 1. The van der Waals surface area contributed by atoms with Crippen LogP contribution < -0.4 is 10.6 Å². The number of anilines is 1. The Kier molecular flexibility index (Phi) is 6.68. The summed E-state index contributed by atoms with van der Waals surface area (Å²) in [5.41, 5.74) is 2.86. The van der Waals surface area contributed by atoms with E-state index < -0.39 is 5.91 Å². The molecule has 3 aromatic rings. The number of rotatable bonds is 7. The number of aromatic nitrogens is 1. The molecule has 0 aliphatic rings. The normalized spacial score (nSPS) is 10.4. The number of hydrogen-bond donors (Lipinski definition) is 2. The van der Waals surface area contributed by atoms with Crippen LogP contribution in [0.15, 0.2) is 66.9 Å². The van der Waals surface area contributed by atoms with Crippen molar-refractivity contribution in [1.82, 2.24) is 10.3 Å². The molecule has 2 N–H and O–H groups in total. The Morgan fingerprint density at radius 3 is 2.48 bits per heavy atom. The van der Waals surface area contributed by atoms with E-state index in [4.69, 9.17) is 0 Å². The molecule has 148 valence electrons. The van der Waals surface area contributed by atoms with Crippen molar-refractivity contribution < 1.29 is 14.0 Å². The van der Waals surface area contributed by atoms with E-state index in [0.717, 1.165) is 6.42 Å². The van der Waals surface area contributed by atoms with Gasteiger partial charge in [0.25, 0.3) is 11.8 Å². The van der Waals surface area contributed by atoms with E-state index in [-0.39, 0.29) is 24.0 Å². The van der Waals surface area contributed by atoms with E-state index in [1.807, 2.05) is 24.3 Å². The van der Waals surface area contributed by atoms with Gasteiger partial charge in [0.05, 0.1) is 0 Å². The van der Waals surface area contributed by atoms with Crippen LogP contribution in [0.2, 0.25) is 0 Å². The third-order valence-electron chi connectivity index (χ3n) is 4.51. The second-order valence-electron chi connectivity index (χ2n) is 6.53. The second-order valence-corrected chi connectivity index (χ2v) is 6.53. The number of carbonyl (C=O) groups excluding carboxylic acids is 2. The largest absolute Gasteiger partial charge is 0.350 e. The van der Waals surface area contributed by atoms with E-state index in [1.54, 1.807) is 24.3 Å². The minimum Gasteiger partial charge on any atom is -0.350 e. The van der Waals surface area contributed by atoms with Gasteiger partial charge in [0, 0.05) is 24.0 Å². The van der Waals surface area contributed by atoms with Crippen LogP contribution in [0.1, 0.15) is 38.9 Å². The molecule has 3 rings (SSSR count). The van der Waals surface area contributed by atoms with Gasteiger partial charge in [-0.25, -0.2) is 4.39 Å². The van der Waals surface area contributed by atoms with E-state index in [2.05, 4.69) is 22.5 Å². The summed E-state index contributed by atoms with van der Waals surface area (Å²) in [6.45, 7) is 2.33. The number of amides is 2. The molecule has 0 spiro atoms. The lowest BCUT2D eigenvalue weighted by atomic mass is 10.1. The number of hydrogen-bond acceptors (Lipinski definition) is 3. The molecular formula is C23H22FN3O2. The van der Waals surface area contributed by atoms with Gasteiger partial charge in [-0.1, -0.05) is 37.3 Å². The summed E-state index contributed by atoms with van der Waals surface area (Å²) in [6, 6.07) is 17.0. The Bertz CT molecular complexity index is 1000. The summed E-state index contributed by atoms with van der Waals surface area (Å²) >= 11 is 0. The van der Waals surface area contributed by atoms with Crippen LogP contribution in [-0.4, -0.2) is 23.3 Å². The maximum atomic E-state index is 13.6. The third kappa shape index (κ3) is 5.48. The van der Waals surface area contributed by atoms with Crippen LogP contribution in [0.3, 0.4) is 0 Å². The first kappa shape index (κ1) is 20.2. The average Bonchev–Trinajstić information content (AvgIpc) is 2.75. The molecule has 1 heterocycles. The van der Waals surface area contributed by atoms with Gasteiger partial charge in [0.1, 0.15) is 11.5 Å². The van der Waals surface area contributed by atoms with Gasteiger partial charge in [-0.3, -0.25) is 14.6 Å². The Morgan fingerprint density at radius 2 is 1.76 bits per heavy atom. The quantitative estimate of drug-likeness (QED) is 0.639. The van der Waals surface area contributed by atoms with Gasteiger partial charge in [-0.15, -0.1) is 0 Å². The lowest BCUT2D eigenvalue weighted by Crippen LogP contribution is -2.27. The number of benzene rings is 2. The fourth-order valence-corrected chi connectivity index (χ4v) is 2.83. The van der Waals surface area contributed by atoms with Crippen molar-refractivity contribution in [3.05, 3.63) is 95.1 Å². The SMILES string of the molecule is CCc1ccc(NC(=O)c2ccnc(C(=O)NCCc3ccccc3F)c2)cc1. The van der Waals surface area contributed by atoms with Crippen molar-refractivity contribution in [3.8, 4) is 0 Å². The molecule has 0 saturated heterocycles. The van der Waals surface area contributed by atoms with Crippen molar-refractivity contribution in [2.24, 2.45) is 0 Å². The molecule has 0 radical (unpaired) electrons. The number of halogens is 1. The van der Waals surface area contributed by atoms with Crippen molar-refractivity contribution in [3.63, 3.8) is 0 Å². The minimum atomic E-state index is -0.414. The monoisotopic (exact) mass is 391 g/mol. The Morgan fingerprint density at radius 1 is 1.00 bits per heavy atom. The molecule has 6 heteroatoms. The van der Waals surface area contributed by atoms with Crippen LogP contribution in [0.25, 0.3) is 0 Å². The number of nitrogens with one attached hydrogen (secondary N) is 2. The highest BCUT2D eigenvalue weighted by Crippen LogP contribution is 2.12. The van der Waals surface area contributed by atoms with Crippen LogP contribution in [0.5, 0.6) is 0 Å². The second kappa shape index (κ2) is 9.59. The van der Waals surface area contributed by atoms with Gasteiger partial charge in [0.15, 0.2) is 0 Å². The first-order valence-corrected chi connectivity index (χ1v) is 9.44. The van der Waals surface area contributed by atoms with E-state index in [0.29, 0.717) is 23.2 Å². The molecule has 2 aromatic carbocycles. The van der Waals surface area contributed by atoms with Crippen LogP contribution in [0, 0.1) is 5.82 Å². The number of nitrogens with zero attached hydrogens (tertiary/aromatic N) is 1. The van der Waals surface area contributed by atoms with Crippen LogP contribution >= 0.6 is 0 Å². The lowest BCUT2D eigenvalue weighted by molar-refractivity contribution is 0.0949. The summed E-state index contributed by atoms with van der Waals surface area (Å²) in [6.07, 6.45) is 2.71. The van der Waals surface area contributed by atoms with E-state index >= 15 is 0 Å². The summed E-state index contributed by atoms with van der Waals surface area (Å²) in [7, 11) is 0. The fourth-order valence-electron chi connectivity index (χ4n) is 2.83. The zero-order valence-electron chi connectivity index (χ0n) is 16.1. The fraction of sp³-hybridized carbons (Fsp3) is 0.174. The first-order chi connectivity index (χ1) is 14.1. The molecule has 0 atom stereocenters. The predicted octanol–water partition coefficient (Wildman–Crippen LogP) is 4.01. The summed E-state index contributed by atoms with van der Waals surface area (Å²) in [5.74, 6) is -1.04. The Hall–Kier alpha value is -3.54. The summed E-state index contributed by atoms with van der Waals surface area (Å²) in [5, 5.41) is 5.51. The van der Waals surface area contributed by atoms with Crippen LogP contribution in [-0.2, 0) is 12.8 Å². The number of pyridine rings is 1. The molecule has 2 amide bonds. The first-order valence-electron chi connectivity index (χ1n) is 9.44. The third-order valence-corrected chi connectivity index (χ3v) is 4.51. The van der Waals surface area contributed by atoms with Gasteiger partial charge in [0.2, 0.25) is 0 Å². The highest BCUT2D eigenvalue weighted by molar-refractivity contribution is 6.05. The Balaban J connectivity index is 1.59. The molecule has 29 heavy (non-hydrogen) atoms. The highest BCUT2D eigenvalue weighted by Gasteiger charge is 2.12. The molecule has 1 aromatic heterocycles. The minimum absolute atomic E-state index is 0.132. The van der Waals surface area contributed by atoms with Gasteiger partial charge in [-0.05, 0) is 54.3 Å². The maximum Gasteiger partial charge on any atom is 0.269 e. The van der Waals surface area contributed by atoms with E-state index in [1.165, 1.54) is 23.9 Å².